The minimum absolute atomic E-state index is 0.182. The second-order valence-corrected chi connectivity index (χ2v) is 7.05. The van der Waals surface area contributed by atoms with Gasteiger partial charge in [-0.05, 0) is 31.2 Å². The molecular weight excluding hydrogens is 292 g/mol. The summed E-state index contributed by atoms with van der Waals surface area (Å²) in [4.78, 5) is 23.1. The Bertz CT molecular complexity index is 557. The van der Waals surface area contributed by atoms with Crippen LogP contribution in [-0.4, -0.2) is 28.1 Å². The molecule has 0 radical (unpaired) electrons. The predicted octanol–water partition coefficient (Wildman–Crippen LogP) is 2.23. The fraction of sp³-hybridized carbons (Fsp3) is 0.706. The Hall–Kier alpha value is -1.85. The average Bonchev–Trinajstić information content (AvgIpc) is 2.99. The Kier molecular flexibility index (Phi) is 4.98. The number of nitrogens with two attached hydrogens (primary N) is 1. The molecular formula is C17H26N4O2. The van der Waals surface area contributed by atoms with Crippen LogP contribution in [0.5, 0.6) is 0 Å². The van der Waals surface area contributed by atoms with Crippen molar-refractivity contribution in [3.8, 4) is 0 Å². The fourth-order valence-corrected chi connectivity index (χ4v) is 3.77. The van der Waals surface area contributed by atoms with Crippen molar-refractivity contribution in [1.82, 2.24) is 15.5 Å². The Balaban J connectivity index is 1.36. The summed E-state index contributed by atoms with van der Waals surface area (Å²) in [5, 5.41) is 9.89. The van der Waals surface area contributed by atoms with Crippen LogP contribution in [0.2, 0.25) is 0 Å². The summed E-state index contributed by atoms with van der Waals surface area (Å²) in [6.07, 6.45) is 10.1. The molecule has 1 heterocycles. The second-order valence-electron chi connectivity index (χ2n) is 7.05. The van der Waals surface area contributed by atoms with Crippen molar-refractivity contribution in [2.24, 2.45) is 11.7 Å². The van der Waals surface area contributed by atoms with Gasteiger partial charge in [0, 0.05) is 24.1 Å². The first-order chi connectivity index (χ1) is 11.1. The van der Waals surface area contributed by atoms with Gasteiger partial charge in [-0.25, -0.2) is 0 Å². The number of amides is 2. The summed E-state index contributed by atoms with van der Waals surface area (Å²) in [7, 11) is 0. The van der Waals surface area contributed by atoms with E-state index >= 15 is 0 Å². The maximum absolute atomic E-state index is 12.0. The van der Waals surface area contributed by atoms with Crippen LogP contribution in [0.15, 0.2) is 6.07 Å². The Morgan fingerprint density at radius 3 is 2.65 bits per heavy atom. The quantitative estimate of drug-likeness (QED) is 0.749. The van der Waals surface area contributed by atoms with Crippen molar-refractivity contribution < 1.29 is 9.59 Å². The number of aromatic amines is 1. The number of aromatic nitrogens is 2. The van der Waals surface area contributed by atoms with Crippen LogP contribution in [-0.2, 0) is 4.79 Å². The average molecular weight is 318 g/mol. The first-order valence-electron chi connectivity index (χ1n) is 8.76. The molecule has 2 fully saturated rings. The van der Waals surface area contributed by atoms with Gasteiger partial charge in [0.05, 0.1) is 0 Å². The SMILES string of the molecule is NC(=O)c1cc(C2CC(NC(=O)CCC3CCCCC3)C2)[nH]n1. The molecule has 126 valence electrons. The molecule has 0 spiro atoms. The molecule has 1 aromatic rings. The summed E-state index contributed by atoms with van der Waals surface area (Å²) < 4.78 is 0. The van der Waals surface area contributed by atoms with E-state index in [4.69, 9.17) is 5.73 Å². The number of hydrogen-bond acceptors (Lipinski definition) is 3. The summed E-state index contributed by atoms with van der Waals surface area (Å²) in [5.41, 5.74) is 6.41. The zero-order chi connectivity index (χ0) is 16.2. The van der Waals surface area contributed by atoms with Crippen molar-refractivity contribution in [3.63, 3.8) is 0 Å². The van der Waals surface area contributed by atoms with Crippen LogP contribution in [0, 0.1) is 5.92 Å². The molecule has 6 nitrogen and oxygen atoms in total. The first kappa shape index (κ1) is 16.0. The Morgan fingerprint density at radius 1 is 1.26 bits per heavy atom. The molecule has 23 heavy (non-hydrogen) atoms. The Morgan fingerprint density at radius 2 is 2.00 bits per heavy atom. The zero-order valence-electron chi connectivity index (χ0n) is 13.5. The summed E-state index contributed by atoms with van der Waals surface area (Å²) in [6.45, 7) is 0. The van der Waals surface area contributed by atoms with Gasteiger partial charge in [0.2, 0.25) is 5.91 Å². The second kappa shape index (κ2) is 7.15. The van der Waals surface area contributed by atoms with E-state index in [0.29, 0.717) is 12.3 Å². The van der Waals surface area contributed by atoms with Crippen molar-refractivity contribution in [1.29, 1.82) is 0 Å². The summed E-state index contributed by atoms with van der Waals surface area (Å²) >= 11 is 0. The van der Waals surface area contributed by atoms with Crippen LogP contribution < -0.4 is 11.1 Å². The van der Waals surface area contributed by atoms with E-state index in [2.05, 4.69) is 15.5 Å². The monoisotopic (exact) mass is 318 g/mol. The van der Waals surface area contributed by atoms with Crippen LogP contribution in [0.4, 0.5) is 0 Å². The molecule has 2 aliphatic carbocycles. The van der Waals surface area contributed by atoms with E-state index in [1.165, 1.54) is 32.1 Å². The van der Waals surface area contributed by atoms with Crippen molar-refractivity contribution in [2.45, 2.75) is 69.7 Å². The molecule has 1 aromatic heterocycles. The maximum atomic E-state index is 12.0. The van der Waals surface area contributed by atoms with E-state index in [1.54, 1.807) is 6.07 Å². The van der Waals surface area contributed by atoms with E-state index < -0.39 is 5.91 Å². The van der Waals surface area contributed by atoms with Crippen LogP contribution >= 0.6 is 0 Å². The molecule has 0 unspecified atom stereocenters. The number of carbonyl (C=O) groups excluding carboxylic acids is 2. The highest BCUT2D eigenvalue weighted by molar-refractivity contribution is 5.90. The minimum Gasteiger partial charge on any atom is -0.364 e. The van der Waals surface area contributed by atoms with Gasteiger partial charge in [-0.15, -0.1) is 0 Å². The Labute approximate surface area is 136 Å². The van der Waals surface area contributed by atoms with E-state index in [-0.39, 0.29) is 17.6 Å². The lowest BCUT2D eigenvalue weighted by Gasteiger charge is -2.35. The predicted molar refractivity (Wildman–Crippen MR) is 86.8 cm³/mol. The number of nitrogens with zero attached hydrogens (tertiary/aromatic N) is 1. The third-order valence-electron chi connectivity index (χ3n) is 5.30. The largest absolute Gasteiger partial charge is 0.364 e. The van der Waals surface area contributed by atoms with Crippen molar-refractivity contribution in [2.75, 3.05) is 0 Å². The van der Waals surface area contributed by atoms with Gasteiger partial charge in [-0.2, -0.15) is 5.10 Å². The number of carbonyl (C=O) groups is 2. The molecule has 3 rings (SSSR count). The number of nitrogens with one attached hydrogen (secondary N) is 2. The van der Waals surface area contributed by atoms with Gasteiger partial charge < -0.3 is 11.1 Å². The van der Waals surface area contributed by atoms with Gasteiger partial charge in [-0.3, -0.25) is 14.7 Å². The highest BCUT2D eigenvalue weighted by Crippen LogP contribution is 2.36. The van der Waals surface area contributed by atoms with Gasteiger partial charge in [0.15, 0.2) is 0 Å². The van der Waals surface area contributed by atoms with Crippen LogP contribution in [0.25, 0.3) is 0 Å². The first-order valence-corrected chi connectivity index (χ1v) is 8.76. The topological polar surface area (TPSA) is 101 Å². The molecule has 4 N–H and O–H groups in total. The molecule has 0 aliphatic heterocycles. The van der Waals surface area contributed by atoms with E-state index in [0.717, 1.165) is 30.9 Å². The van der Waals surface area contributed by atoms with Gasteiger partial charge in [-0.1, -0.05) is 32.1 Å². The smallest absolute Gasteiger partial charge is 0.269 e. The van der Waals surface area contributed by atoms with Crippen molar-refractivity contribution in [3.05, 3.63) is 17.5 Å². The lowest BCUT2D eigenvalue weighted by molar-refractivity contribution is -0.122. The molecule has 0 aromatic carbocycles. The van der Waals surface area contributed by atoms with Crippen molar-refractivity contribution >= 4 is 11.8 Å². The highest BCUT2D eigenvalue weighted by atomic mass is 16.2. The lowest BCUT2D eigenvalue weighted by Crippen LogP contribution is -2.43. The zero-order valence-corrected chi connectivity index (χ0v) is 13.5. The molecule has 2 amide bonds. The number of primary amides is 1. The lowest BCUT2D eigenvalue weighted by atomic mass is 9.78. The molecule has 0 saturated heterocycles. The normalized spacial score (nSPS) is 24.9. The summed E-state index contributed by atoms with van der Waals surface area (Å²) in [5.74, 6) is 0.751. The molecule has 2 saturated carbocycles. The van der Waals surface area contributed by atoms with Crippen LogP contribution in [0.3, 0.4) is 0 Å². The molecule has 6 heteroatoms. The van der Waals surface area contributed by atoms with Gasteiger partial charge in [0.25, 0.3) is 5.91 Å². The summed E-state index contributed by atoms with van der Waals surface area (Å²) in [6, 6.07) is 1.97. The number of H-pyrrole nitrogens is 1. The van der Waals surface area contributed by atoms with Crippen LogP contribution in [0.1, 0.15) is 79.9 Å². The maximum Gasteiger partial charge on any atom is 0.269 e. The fourth-order valence-electron chi connectivity index (χ4n) is 3.77. The third kappa shape index (κ3) is 4.12. The minimum atomic E-state index is -0.514. The highest BCUT2D eigenvalue weighted by Gasteiger charge is 2.33. The van der Waals surface area contributed by atoms with Gasteiger partial charge in [0.1, 0.15) is 5.69 Å². The van der Waals surface area contributed by atoms with E-state index in [9.17, 15) is 9.59 Å². The third-order valence-corrected chi connectivity index (χ3v) is 5.30. The molecule has 2 aliphatic rings. The number of rotatable bonds is 6. The van der Waals surface area contributed by atoms with Gasteiger partial charge >= 0.3 is 0 Å². The molecule has 0 bridgehead atoms. The number of hydrogen-bond donors (Lipinski definition) is 3. The molecule has 0 atom stereocenters. The standard InChI is InChI=1S/C17H26N4O2/c18-17(23)15-10-14(20-21-15)12-8-13(9-12)19-16(22)7-6-11-4-2-1-3-5-11/h10-13H,1-9H2,(H2,18,23)(H,19,22)(H,20,21). The van der Waals surface area contributed by atoms with E-state index in [1.807, 2.05) is 0 Å².